The van der Waals surface area contributed by atoms with E-state index in [1.54, 1.807) is 0 Å². The Hall–Kier alpha value is -0.610. The van der Waals surface area contributed by atoms with Crippen LogP contribution in [0.1, 0.15) is 45.4 Å². The molecule has 1 saturated carbocycles. The molecule has 0 bridgehead atoms. The van der Waals surface area contributed by atoms with Gasteiger partial charge in [0.2, 0.25) is 0 Å². The maximum absolute atomic E-state index is 10.6. The summed E-state index contributed by atoms with van der Waals surface area (Å²) >= 11 is 0. The smallest absolute Gasteiger partial charge is 0.304 e. The molecule has 4 heteroatoms. The molecule has 0 amide bonds. The van der Waals surface area contributed by atoms with Crippen molar-refractivity contribution >= 4 is 5.97 Å². The Morgan fingerprint density at radius 2 is 1.94 bits per heavy atom. The molecule has 0 atom stereocenters. The van der Waals surface area contributed by atoms with Gasteiger partial charge in [-0.2, -0.15) is 0 Å². The molecule has 16 heavy (non-hydrogen) atoms. The number of rotatable bonds is 6. The largest absolute Gasteiger partial charge is 0.481 e. The Kier molecular flexibility index (Phi) is 5.77. The second-order valence-electron chi connectivity index (χ2n) is 4.75. The summed E-state index contributed by atoms with van der Waals surface area (Å²) < 4.78 is 0. The lowest BCUT2D eigenvalue weighted by Crippen LogP contribution is -2.42. The third kappa shape index (κ3) is 4.49. The van der Waals surface area contributed by atoms with Gasteiger partial charge in [-0.1, -0.05) is 6.92 Å². The van der Waals surface area contributed by atoms with Gasteiger partial charge in [-0.15, -0.1) is 0 Å². The first-order valence-corrected chi connectivity index (χ1v) is 6.35. The van der Waals surface area contributed by atoms with E-state index < -0.39 is 5.97 Å². The van der Waals surface area contributed by atoms with Crippen molar-refractivity contribution in [3.63, 3.8) is 0 Å². The molecule has 0 unspecified atom stereocenters. The lowest BCUT2D eigenvalue weighted by molar-refractivity contribution is -0.137. The van der Waals surface area contributed by atoms with Crippen LogP contribution in [-0.2, 0) is 4.79 Å². The standard InChI is InChI=1S/C12H24N2O2/c1-2-8-14(9-7-12(15)16)11-5-3-10(13)4-6-11/h10-11H,2-9,13H2,1H3,(H,15,16). The molecular formula is C12H24N2O2. The van der Waals surface area contributed by atoms with E-state index in [4.69, 9.17) is 10.8 Å². The first-order valence-electron chi connectivity index (χ1n) is 6.35. The maximum atomic E-state index is 10.6. The highest BCUT2D eigenvalue weighted by molar-refractivity contribution is 5.66. The molecule has 0 aromatic carbocycles. The number of hydrogen-bond donors (Lipinski definition) is 2. The third-order valence-electron chi connectivity index (χ3n) is 3.38. The Morgan fingerprint density at radius 3 is 2.44 bits per heavy atom. The van der Waals surface area contributed by atoms with Crippen LogP contribution in [0, 0.1) is 0 Å². The number of aliphatic carboxylic acids is 1. The number of hydrogen-bond acceptors (Lipinski definition) is 3. The zero-order valence-electron chi connectivity index (χ0n) is 10.2. The second-order valence-corrected chi connectivity index (χ2v) is 4.75. The highest BCUT2D eigenvalue weighted by atomic mass is 16.4. The summed E-state index contributed by atoms with van der Waals surface area (Å²) in [6.45, 7) is 3.83. The monoisotopic (exact) mass is 228 g/mol. The van der Waals surface area contributed by atoms with Crippen molar-refractivity contribution < 1.29 is 9.90 Å². The summed E-state index contributed by atoms with van der Waals surface area (Å²) in [5.74, 6) is -0.700. The zero-order chi connectivity index (χ0) is 12.0. The molecule has 4 nitrogen and oxygen atoms in total. The van der Waals surface area contributed by atoms with Crippen LogP contribution < -0.4 is 5.73 Å². The van der Waals surface area contributed by atoms with Crippen LogP contribution >= 0.6 is 0 Å². The SMILES string of the molecule is CCCN(CCC(=O)O)C1CCC(N)CC1. The zero-order valence-corrected chi connectivity index (χ0v) is 10.2. The predicted molar refractivity (Wildman–Crippen MR) is 64.3 cm³/mol. The van der Waals surface area contributed by atoms with E-state index >= 15 is 0 Å². The molecule has 1 aliphatic carbocycles. The van der Waals surface area contributed by atoms with Crippen LogP contribution in [0.25, 0.3) is 0 Å². The fraction of sp³-hybridized carbons (Fsp3) is 0.917. The normalized spacial score (nSPS) is 25.9. The average molecular weight is 228 g/mol. The van der Waals surface area contributed by atoms with E-state index in [-0.39, 0.29) is 6.42 Å². The Balaban J connectivity index is 2.39. The molecular weight excluding hydrogens is 204 g/mol. The summed E-state index contributed by atoms with van der Waals surface area (Å²) in [5, 5.41) is 8.72. The van der Waals surface area contributed by atoms with Gasteiger partial charge in [-0.25, -0.2) is 0 Å². The number of carbonyl (C=O) groups is 1. The number of nitrogens with zero attached hydrogens (tertiary/aromatic N) is 1. The number of nitrogens with two attached hydrogens (primary N) is 1. The Morgan fingerprint density at radius 1 is 1.31 bits per heavy atom. The Bertz CT molecular complexity index is 213. The Labute approximate surface area is 97.8 Å². The highest BCUT2D eigenvalue weighted by Gasteiger charge is 2.23. The van der Waals surface area contributed by atoms with Crippen LogP contribution in [0.2, 0.25) is 0 Å². The van der Waals surface area contributed by atoms with Crippen molar-refractivity contribution in [1.29, 1.82) is 0 Å². The summed E-state index contributed by atoms with van der Waals surface area (Å²) in [4.78, 5) is 12.9. The molecule has 0 aliphatic heterocycles. The van der Waals surface area contributed by atoms with Gasteiger partial charge in [0.05, 0.1) is 6.42 Å². The minimum Gasteiger partial charge on any atom is -0.481 e. The van der Waals surface area contributed by atoms with E-state index in [0.29, 0.717) is 18.6 Å². The summed E-state index contributed by atoms with van der Waals surface area (Å²) in [7, 11) is 0. The molecule has 3 N–H and O–H groups in total. The van der Waals surface area contributed by atoms with E-state index in [1.807, 2.05) is 0 Å². The lowest BCUT2D eigenvalue weighted by Gasteiger charge is -2.35. The van der Waals surface area contributed by atoms with Crippen molar-refractivity contribution in [2.24, 2.45) is 5.73 Å². The molecule has 0 saturated heterocycles. The topological polar surface area (TPSA) is 66.6 Å². The van der Waals surface area contributed by atoms with Crippen LogP contribution in [0.5, 0.6) is 0 Å². The highest BCUT2D eigenvalue weighted by Crippen LogP contribution is 2.22. The van der Waals surface area contributed by atoms with Gasteiger partial charge in [0.1, 0.15) is 0 Å². The van der Waals surface area contributed by atoms with Gasteiger partial charge in [-0.05, 0) is 38.6 Å². The van der Waals surface area contributed by atoms with E-state index in [2.05, 4.69) is 11.8 Å². The molecule has 1 aliphatic rings. The third-order valence-corrected chi connectivity index (χ3v) is 3.38. The van der Waals surface area contributed by atoms with E-state index in [0.717, 1.165) is 38.6 Å². The van der Waals surface area contributed by atoms with Crippen molar-refractivity contribution in [2.75, 3.05) is 13.1 Å². The average Bonchev–Trinajstić information content (AvgIpc) is 2.25. The number of carboxylic acid groups (broad SMARTS) is 1. The van der Waals surface area contributed by atoms with Gasteiger partial charge < -0.3 is 10.8 Å². The molecule has 0 aromatic heterocycles. The fourth-order valence-electron chi connectivity index (χ4n) is 2.47. The van der Waals surface area contributed by atoms with Gasteiger partial charge in [-0.3, -0.25) is 9.69 Å². The van der Waals surface area contributed by atoms with Gasteiger partial charge in [0, 0.05) is 18.6 Å². The summed E-state index contributed by atoms with van der Waals surface area (Å²) in [5.41, 5.74) is 5.88. The quantitative estimate of drug-likeness (QED) is 0.722. The lowest BCUT2D eigenvalue weighted by atomic mass is 9.90. The molecule has 0 radical (unpaired) electrons. The second kappa shape index (κ2) is 6.86. The summed E-state index contributed by atoms with van der Waals surface area (Å²) in [6.07, 6.45) is 5.75. The van der Waals surface area contributed by atoms with Gasteiger partial charge in [0.25, 0.3) is 0 Å². The number of carboxylic acids is 1. The molecule has 0 heterocycles. The van der Waals surface area contributed by atoms with E-state index in [9.17, 15) is 4.79 Å². The molecule has 0 aromatic rings. The van der Waals surface area contributed by atoms with Crippen LogP contribution in [0.3, 0.4) is 0 Å². The first kappa shape index (κ1) is 13.5. The van der Waals surface area contributed by atoms with E-state index in [1.165, 1.54) is 0 Å². The van der Waals surface area contributed by atoms with Crippen molar-refractivity contribution in [2.45, 2.75) is 57.5 Å². The predicted octanol–water partition coefficient (Wildman–Crippen LogP) is 1.44. The molecule has 0 spiro atoms. The molecule has 1 rings (SSSR count). The maximum Gasteiger partial charge on any atom is 0.304 e. The molecule has 94 valence electrons. The van der Waals surface area contributed by atoms with Gasteiger partial charge in [0.15, 0.2) is 0 Å². The van der Waals surface area contributed by atoms with Crippen LogP contribution in [0.4, 0.5) is 0 Å². The summed E-state index contributed by atoms with van der Waals surface area (Å²) in [6, 6.07) is 0.915. The van der Waals surface area contributed by atoms with Crippen molar-refractivity contribution in [1.82, 2.24) is 4.90 Å². The van der Waals surface area contributed by atoms with Crippen LogP contribution in [-0.4, -0.2) is 41.1 Å². The van der Waals surface area contributed by atoms with Crippen LogP contribution in [0.15, 0.2) is 0 Å². The molecule has 1 fully saturated rings. The van der Waals surface area contributed by atoms with Gasteiger partial charge >= 0.3 is 5.97 Å². The van der Waals surface area contributed by atoms with Crippen molar-refractivity contribution in [3.8, 4) is 0 Å². The minimum absolute atomic E-state index is 0.253. The minimum atomic E-state index is -0.700. The first-order chi connectivity index (χ1) is 7.63. The fourth-order valence-corrected chi connectivity index (χ4v) is 2.47. The van der Waals surface area contributed by atoms with Crippen molar-refractivity contribution in [3.05, 3.63) is 0 Å².